The van der Waals surface area contributed by atoms with Crippen molar-refractivity contribution in [3.05, 3.63) is 25.6 Å². The number of nitrogens with two attached hydrogens (primary N) is 2. The highest BCUT2D eigenvalue weighted by Crippen LogP contribution is 2.47. The number of anilines is 1. The maximum absolute atomic E-state index is 12.2. The van der Waals surface area contributed by atoms with Gasteiger partial charge in [0.15, 0.2) is 0 Å². The van der Waals surface area contributed by atoms with Crippen molar-refractivity contribution in [2.24, 2.45) is 21.5 Å². The molecule has 26 heavy (non-hydrogen) atoms. The lowest BCUT2D eigenvalue weighted by Gasteiger charge is -2.46. The van der Waals surface area contributed by atoms with Crippen molar-refractivity contribution in [2.45, 2.75) is 37.8 Å². The van der Waals surface area contributed by atoms with Gasteiger partial charge in [0.2, 0.25) is 11.9 Å². The first kappa shape index (κ1) is 19.4. The van der Waals surface area contributed by atoms with E-state index in [1.165, 1.54) is 7.11 Å². The third-order valence-corrected chi connectivity index (χ3v) is 6.30. The van der Waals surface area contributed by atoms with Gasteiger partial charge in [-0.2, -0.15) is 4.99 Å². The molecular weight excluding hydrogens is 489 g/mol. The van der Waals surface area contributed by atoms with Crippen molar-refractivity contribution in [2.75, 3.05) is 12.0 Å². The standard InChI is InChI=1S/C16H18Br2ClN5O2/c1-26-13(25)10-8(17)7-9(19)12(11(10)18)24-15(21)22-14(20)23-16(24)5-3-2-4-6-16/h7H,2-6H2,1H3,(H4,20,21,22,23). The Balaban J connectivity index is 2.24. The van der Waals surface area contributed by atoms with Crippen LogP contribution in [0, 0.1) is 0 Å². The zero-order valence-electron chi connectivity index (χ0n) is 14.1. The van der Waals surface area contributed by atoms with Gasteiger partial charge in [-0.15, -0.1) is 0 Å². The fourth-order valence-corrected chi connectivity index (χ4v) is 5.67. The average molecular weight is 508 g/mol. The Morgan fingerprint density at radius 2 is 1.96 bits per heavy atom. The van der Waals surface area contributed by atoms with Crippen LogP contribution < -0.4 is 16.4 Å². The molecule has 1 fully saturated rings. The number of halogens is 3. The lowest BCUT2D eigenvalue weighted by atomic mass is 9.87. The lowest BCUT2D eigenvalue weighted by Crippen LogP contribution is -2.58. The van der Waals surface area contributed by atoms with Crippen LogP contribution in [0.2, 0.25) is 5.02 Å². The molecule has 0 amide bonds. The second kappa shape index (κ2) is 7.36. The summed E-state index contributed by atoms with van der Waals surface area (Å²) in [4.78, 5) is 22.8. The Hall–Kier alpha value is -1.32. The molecule has 1 aromatic carbocycles. The van der Waals surface area contributed by atoms with Gasteiger partial charge in [0, 0.05) is 4.47 Å². The summed E-state index contributed by atoms with van der Waals surface area (Å²) in [7, 11) is 1.32. The molecule has 1 saturated carbocycles. The van der Waals surface area contributed by atoms with Crippen LogP contribution >= 0.6 is 43.5 Å². The van der Waals surface area contributed by atoms with E-state index in [4.69, 9.17) is 27.8 Å². The topological polar surface area (TPSA) is 106 Å². The molecule has 0 aromatic heterocycles. The van der Waals surface area contributed by atoms with E-state index in [0.717, 1.165) is 32.1 Å². The quantitative estimate of drug-likeness (QED) is 0.593. The van der Waals surface area contributed by atoms with Crippen molar-refractivity contribution in [3.63, 3.8) is 0 Å². The summed E-state index contributed by atoms with van der Waals surface area (Å²) in [5.41, 5.74) is 12.3. The molecular formula is C16H18Br2ClN5O2. The van der Waals surface area contributed by atoms with E-state index >= 15 is 0 Å². The van der Waals surface area contributed by atoms with Gasteiger partial charge in [-0.3, -0.25) is 4.90 Å². The highest BCUT2D eigenvalue weighted by Gasteiger charge is 2.44. The Morgan fingerprint density at radius 3 is 2.58 bits per heavy atom. The third-order valence-electron chi connectivity index (χ3n) is 4.61. The van der Waals surface area contributed by atoms with Crippen molar-refractivity contribution in [1.82, 2.24) is 0 Å². The van der Waals surface area contributed by atoms with Crippen LogP contribution in [-0.2, 0) is 4.74 Å². The SMILES string of the molecule is COC(=O)c1c(Br)cc(Cl)c(N2C(N)=NC(N)=NC23CCCCC3)c1Br. The average Bonchev–Trinajstić information content (AvgIpc) is 2.57. The molecule has 0 bridgehead atoms. The molecule has 0 saturated heterocycles. The molecule has 0 atom stereocenters. The number of nitrogens with zero attached hydrogens (tertiary/aromatic N) is 3. The lowest BCUT2D eigenvalue weighted by molar-refractivity contribution is 0.0598. The Morgan fingerprint density at radius 1 is 1.31 bits per heavy atom. The zero-order chi connectivity index (χ0) is 19.1. The summed E-state index contributed by atoms with van der Waals surface area (Å²) in [6.45, 7) is 0. The van der Waals surface area contributed by atoms with E-state index in [1.54, 1.807) is 11.0 Å². The number of carbonyl (C=O) groups excluding carboxylic acids is 1. The first-order chi connectivity index (χ1) is 12.3. The second-order valence-corrected chi connectivity index (χ2v) is 8.24. The number of carbonyl (C=O) groups is 1. The molecule has 0 unspecified atom stereocenters. The van der Waals surface area contributed by atoms with Crippen LogP contribution in [0.3, 0.4) is 0 Å². The van der Waals surface area contributed by atoms with Crippen molar-refractivity contribution < 1.29 is 9.53 Å². The second-order valence-electron chi connectivity index (χ2n) is 6.19. The number of guanidine groups is 2. The van der Waals surface area contributed by atoms with E-state index < -0.39 is 11.6 Å². The van der Waals surface area contributed by atoms with E-state index in [1.807, 2.05) is 0 Å². The van der Waals surface area contributed by atoms with Gasteiger partial charge in [0.1, 0.15) is 5.66 Å². The molecule has 1 spiro atoms. The molecule has 1 heterocycles. The van der Waals surface area contributed by atoms with E-state index in [9.17, 15) is 4.79 Å². The van der Waals surface area contributed by atoms with Gasteiger partial charge in [0.25, 0.3) is 0 Å². The summed E-state index contributed by atoms with van der Waals surface area (Å²) in [6.07, 6.45) is 4.60. The molecule has 7 nitrogen and oxygen atoms in total. The first-order valence-corrected chi connectivity index (χ1v) is 10.0. The number of benzene rings is 1. The highest BCUT2D eigenvalue weighted by molar-refractivity contribution is 9.11. The van der Waals surface area contributed by atoms with Gasteiger partial charge in [0.05, 0.1) is 27.9 Å². The number of hydrogen-bond acceptors (Lipinski definition) is 7. The van der Waals surface area contributed by atoms with E-state index in [2.05, 4.69) is 41.8 Å². The Bertz CT molecular complexity index is 821. The molecule has 0 radical (unpaired) electrons. The fourth-order valence-electron chi connectivity index (χ4n) is 3.52. The molecule has 2 aliphatic rings. The normalized spacial score (nSPS) is 19.2. The summed E-state index contributed by atoms with van der Waals surface area (Å²) in [6, 6.07) is 1.64. The molecule has 1 aromatic rings. The number of rotatable bonds is 2. The Labute approximate surface area is 173 Å². The third kappa shape index (κ3) is 3.20. The van der Waals surface area contributed by atoms with Gasteiger partial charge >= 0.3 is 5.97 Å². The molecule has 10 heteroatoms. The summed E-state index contributed by atoms with van der Waals surface area (Å²) >= 11 is 13.4. The smallest absolute Gasteiger partial charge is 0.340 e. The first-order valence-electron chi connectivity index (χ1n) is 8.06. The summed E-state index contributed by atoms with van der Waals surface area (Å²) in [5, 5.41) is 0.398. The van der Waals surface area contributed by atoms with Gasteiger partial charge in [-0.1, -0.05) is 18.0 Å². The van der Waals surface area contributed by atoms with Crippen LogP contribution in [0.1, 0.15) is 42.5 Å². The van der Waals surface area contributed by atoms with Crippen molar-refractivity contribution in [3.8, 4) is 0 Å². The van der Waals surface area contributed by atoms with Gasteiger partial charge in [-0.25, -0.2) is 9.79 Å². The molecule has 4 N–H and O–H groups in total. The van der Waals surface area contributed by atoms with E-state index in [0.29, 0.717) is 25.2 Å². The monoisotopic (exact) mass is 505 g/mol. The minimum atomic E-state index is -0.665. The van der Waals surface area contributed by atoms with Crippen molar-refractivity contribution in [1.29, 1.82) is 0 Å². The van der Waals surface area contributed by atoms with Gasteiger partial charge < -0.3 is 16.2 Å². The molecule has 140 valence electrons. The van der Waals surface area contributed by atoms with Crippen LogP contribution in [0.25, 0.3) is 0 Å². The minimum Gasteiger partial charge on any atom is -0.465 e. The van der Waals surface area contributed by atoms with Crippen molar-refractivity contribution >= 4 is 67.0 Å². The van der Waals surface area contributed by atoms with Crippen LogP contribution in [0.15, 0.2) is 25.0 Å². The number of esters is 1. The van der Waals surface area contributed by atoms with E-state index in [-0.39, 0.29) is 11.9 Å². The van der Waals surface area contributed by atoms with Crippen LogP contribution in [0.5, 0.6) is 0 Å². The Kier molecular flexibility index (Phi) is 5.50. The zero-order valence-corrected chi connectivity index (χ0v) is 18.0. The molecule has 3 rings (SSSR count). The minimum absolute atomic E-state index is 0.151. The predicted molar refractivity (Wildman–Crippen MR) is 110 cm³/mol. The number of methoxy groups -OCH3 is 1. The van der Waals surface area contributed by atoms with Gasteiger partial charge in [-0.05, 0) is 63.6 Å². The largest absolute Gasteiger partial charge is 0.465 e. The predicted octanol–water partition coefficient (Wildman–Crippen LogP) is 3.76. The fraction of sp³-hybridized carbons (Fsp3) is 0.438. The van der Waals surface area contributed by atoms with Crippen LogP contribution in [0.4, 0.5) is 5.69 Å². The number of ether oxygens (including phenoxy) is 1. The molecule has 1 aliphatic carbocycles. The molecule has 1 aliphatic heterocycles. The van der Waals surface area contributed by atoms with Crippen LogP contribution in [-0.4, -0.2) is 30.7 Å². The summed E-state index contributed by atoms with van der Waals surface area (Å²) < 4.78 is 5.86. The highest BCUT2D eigenvalue weighted by atomic mass is 79.9. The number of hydrogen-bond donors (Lipinski definition) is 2. The maximum atomic E-state index is 12.2. The summed E-state index contributed by atoms with van der Waals surface area (Å²) in [5.74, 6) is -0.159. The maximum Gasteiger partial charge on any atom is 0.340 e. The number of aliphatic imine (C=N–C) groups is 2.